The second-order valence-corrected chi connectivity index (χ2v) is 10.6. The lowest BCUT2D eigenvalue weighted by Crippen LogP contribution is -2.32. The molecule has 154 valence electrons. The van der Waals surface area contributed by atoms with E-state index in [1.54, 1.807) is 0 Å². The summed E-state index contributed by atoms with van der Waals surface area (Å²) in [5, 5.41) is -0.944. The first-order valence-electron chi connectivity index (χ1n) is 8.40. The van der Waals surface area contributed by atoms with Gasteiger partial charge in [0.15, 0.2) is 9.84 Å². The summed E-state index contributed by atoms with van der Waals surface area (Å²) in [6.07, 6.45) is 1.30. The quantitative estimate of drug-likeness (QED) is 0.581. The molecular formula is C19H17ClFNO5S2. The number of hydrogen-bond acceptors (Lipinski definition) is 5. The fourth-order valence-electron chi connectivity index (χ4n) is 2.80. The molecule has 0 saturated carbocycles. The van der Waals surface area contributed by atoms with Crippen LogP contribution in [0.15, 0.2) is 75.1 Å². The highest BCUT2D eigenvalue weighted by Crippen LogP contribution is 2.30. The minimum absolute atomic E-state index is 0.0274. The summed E-state index contributed by atoms with van der Waals surface area (Å²) in [7, 11) is -8.09. The predicted molar refractivity (Wildman–Crippen MR) is 106 cm³/mol. The van der Waals surface area contributed by atoms with Gasteiger partial charge in [0, 0.05) is 11.6 Å². The third-order valence-electron chi connectivity index (χ3n) is 4.26. The molecule has 0 aliphatic heterocycles. The molecule has 2 aromatic carbocycles. The molecule has 3 aromatic rings. The van der Waals surface area contributed by atoms with Crippen LogP contribution in [-0.4, -0.2) is 23.4 Å². The first-order chi connectivity index (χ1) is 13.6. The van der Waals surface area contributed by atoms with Crippen LogP contribution in [0.3, 0.4) is 0 Å². The number of furan rings is 1. The van der Waals surface area contributed by atoms with Crippen molar-refractivity contribution in [2.75, 3.05) is 6.54 Å². The van der Waals surface area contributed by atoms with Gasteiger partial charge in [0.2, 0.25) is 10.0 Å². The number of halogens is 2. The summed E-state index contributed by atoms with van der Waals surface area (Å²) in [6, 6.07) is 11.7. The van der Waals surface area contributed by atoms with Crippen molar-refractivity contribution in [2.45, 2.75) is 22.0 Å². The number of sulfonamides is 1. The molecule has 0 fully saturated rings. The zero-order valence-electron chi connectivity index (χ0n) is 15.2. The Labute approximate surface area is 173 Å². The number of sulfone groups is 1. The van der Waals surface area contributed by atoms with Crippen LogP contribution >= 0.6 is 11.6 Å². The molecule has 0 unspecified atom stereocenters. The molecule has 0 amide bonds. The van der Waals surface area contributed by atoms with Crippen molar-refractivity contribution in [1.82, 2.24) is 4.72 Å². The van der Waals surface area contributed by atoms with E-state index in [4.69, 9.17) is 16.0 Å². The topological polar surface area (TPSA) is 93.4 Å². The first-order valence-corrected chi connectivity index (χ1v) is 11.8. The van der Waals surface area contributed by atoms with Crippen LogP contribution in [-0.2, 0) is 19.9 Å². The molecule has 0 spiro atoms. The maximum Gasteiger partial charge on any atom is 0.240 e. The van der Waals surface area contributed by atoms with Crippen molar-refractivity contribution in [2.24, 2.45) is 0 Å². The summed E-state index contributed by atoms with van der Waals surface area (Å²) in [5.74, 6) is -0.487. The highest BCUT2D eigenvalue weighted by atomic mass is 35.5. The van der Waals surface area contributed by atoms with Gasteiger partial charge in [-0.05, 0) is 67.1 Å². The van der Waals surface area contributed by atoms with Gasteiger partial charge < -0.3 is 4.42 Å². The van der Waals surface area contributed by atoms with Crippen molar-refractivity contribution in [1.29, 1.82) is 0 Å². The molecule has 0 radical (unpaired) electrons. The van der Waals surface area contributed by atoms with Crippen molar-refractivity contribution in [3.05, 3.63) is 83.0 Å². The largest absolute Gasteiger partial charge is 0.468 e. The fraction of sp³-hybridized carbons (Fsp3) is 0.158. The van der Waals surface area contributed by atoms with E-state index >= 15 is 0 Å². The van der Waals surface area contributed by atoms with Gasteiger partial charge in [-0.25, -0.2) is 25.9 Å². The summed E-state index contributed by atoms with van der Waals surface area (Å²) >= 11 is 5.82. The summed E-state index contributed by atoms with van der Waals surface area (Å²) in [5.41, 5.74) is 0.201. The Morgan fingerprint density at radius 1 is 1.07 bits per heavy atom. The van der Waals surface area contributed by atoms with Crippen molar-refractivity contribution in [3.8, 4) is 0 Å². The van der Waals surface area contributed by atoms with E-state index in [1.807, 2.05) is 0 Å². The Bertz CT molecular complexity index is 1210. The van der Waals surface area contributed by atoms with Crippen LogP contribution < -0.4 is 4.72 Å². The van der Waals surface area contributed by atoms with Crippen LogP contribution in [0.25, 0.3) is 0 Å². The zero-order valence-corrected chi connectivity index (χ0v) is 17.6. The van der Waals surface area contributed by atoms with Crippen LogP contribution in [0.2, 0.25) is 5.02 Å². The number of hydrogen-bond donors (Lipinski definition) is 1. The normalized spacial score (nSPS) is 13.3. The average Bonchev–Trinajstić information content (AvgIpc) is 3.15. The lowest BCUT2D eigenvalue weighted by Gasteiger charge is -2.17. The Morgan fingerprint density at radius 3 is 2.34 bits per heavy atom. The molecule has 1 atom stereocenters. The van der Waals surface area contributed by atoms with E-state index < -0.39 is 37.5 Å². The molecule has 0 bridgehead atoms. The van der Waals surface area contributed by atoms with Crippen LogP contribution in [0.5, 0.6) is 0 Å². The van der Waals surface area contributed by atoms with E-state index in [1.165, 1.54) is 49.6 Å². The lowest BCUT2D eigenvalue weighted by molar-refractivity contribution is 0.486. The molecule has 1 aromatic heterocycles. The first kappa shape index (κ1) is 21.5. The molecule has 3 rings (SSSR count). The van der Waals surface area contributed by atoms with Crippen molar-refractivity contribution in [3.63, 3.8) is 0 Å². The molecule has 0 aliphatic carbocycles. The highest BCUT2D eigenvalue weighted by molar-refractivity contribution is 7.92. The average molecular weight is 458 g/mol. The standard InChI is InChI=1S/C19H17ClFNO5S2/c1-13-11-15(21)6-9-18(13)29(25,26)22-12-19(17-3-2-10-27-17)28(23,24)16-7-4-14(20)5-8-16/h2-11,19,22H,12H2,1H3/t19-/m1/s1. The van der Waals surface area contributed by atoms with Gasteiger partial charge in [-0.2, -0.15) is 0 Å². The van der Waals surface area contributed by atoms with Gasteiger partial charge in [-0.1, -0.05) is 11.6 Å². The van der Waals surface area contributed by atoms with Crippen molar-refractivity contribution >= 4 is 31.5 Å². The molecule has 6 nitrogen and oxygen atoms in total. The van der Waals surface area contributed by atoms with E-state index in [0.29, 0.717) is 5.02 Å². The predicted octanol–water partition coefficient (Wildman–Crippen LogP) is 3.87. The minimum Gasteiger partial charge on any atom is -0.468 e. The van der Waals surface area contributed by atoms with Gasteiger partial charge in [-0.15, -0.1) is 0 Å². The molecule has 0 aliphatic rings. The van der Waals surface area contributed by atoms with E-state index in [-0.39, 0.29) is 21.1 Å². The third kappa shape index (κ3) is 4.69. The minimum atomic E-state index is -4.09. The molecule has 10 heteroatoms. The monoisotopic (exact) mass is 457 g/mol. The molecule has 0 saturated heterocycles. The Kier molecular flexibility index (Phi) is 6.13. The maximum absolute atomic E-state index is 13.3. The Hall–Kier alpha value is -2.20. The van der Waals surface area contributed by atoms with Crippen molar-refractivity contribution < 1.29 is 25.6 Å². The number of rotatable bonds is 7. The SMILES string of the molecule is Cc1cc(F)ccc1S(=O)(=O)NC[C@H](c1ccco1)S(=O)(=O)c1ccc(Cl)cc1. The molecule has 29 heavy (non-hydrogen) atoms. The number of aryl methyl sites for hydroxylation is 1. The van der Waals surface area contributed by atoms with E-state index in [9.17, 15) is 21.2 Å². The molecule has 1 N–H and O–H groups in total. The Morgan fingerprint density at radius 2 is 1.76 bits per heavy atom. The van der Waals surface area contributed by atoms with E-state index in [0.717, 1.165) is 18.2 Å². The molecular weight excluding hydrogens is 441 g/mol. The van der Waals surface area contributed by atoms with Gasteiger partial charge in [0.1, 0.15) is 16.8 Å². The van der Waals surface area contributed by atoms with Gasteiger partial charge in [0.25, 0.3) is 0 Å². The Balaban J connectivity index is 1.94. The lowest BCUT2D eigenvalue weighted by atomic mass is 10.2. The van der Waals surface area contributed by atoms with Crippen LogP contribution in [0.1, 0.15) is 16.6 Å². The summed E-state index contributed by atoms with van der Waals surface area (Å²) < 4.78 is 72.4. The summed E-state index contributed by atoms with van der Waals surface area (Å²) in [6.45, 7) is 0.976. The molecule has 1 heterocycles. The van der Waals surface area contributed by atoms with Gasteiger partial charge in [0.05, 0.1) is 16.1 Å². The van der Waals surface area contributed by atoms with E-state index in [2.05, 4.69) is 4.72 Å². The number of benzene rings is 2. The van der Waals surface area contributed by atoms with Gasteiger partial charge in [-0.3, -0.25) is 0 Å². The van der Waals surface area contributed by atoms with Crippen LogP contribution in [0.4, 0.5) is 4.39 Å². The third-order valence-corrected chi connectivity index (χ3v) is 8.18. The van der Waals surface area contributed by atoms with Crippen LogP contribution in [0, 0.1) is 12.7 Å². The smallest absolute Gasteiger partial charge is 0.240 e. The maximum atomic E-state index is 13.3. The highest BCUT2D eigenvalue weighted by Gasteiger charge is 2.33. The second kappa shape index (κ2) is 8.27. The number of nitrogens with one attached hydrogen (secondary N) is 1. The fourth-order valence-corrected chi connectivity index (χ4v) is 5.89. The second-order valence-electron chi connectivity index (χ2n) is 6.26. The summed E-state index contributed by atoms with van der Waals surface area (Å²) in [4.78, 5) is -0.165. The zero-order chi connectivity index (χ0) is 21.2. The van der Waals surface area contributed by atoms with Gasteiger partial charge >= 0.3 is 0 Å².